The zero-order valence-corrected chi connectivity index (χ0v) is 13.7. The van der Waals surface area contributed by atoms with E-state index in [-0.39, 0.29) is 18.4 Å². The number of fused-ring (bicyclic) bond motifs is 1. The lowest BCUT2D eigenvalue weighted by molar-refractivity contribution is -0.123. The Kier molecular flexibility index (Phi) is 5.33. The van der Waals surface area contributed by atoms with Crippen molar-refractivity contribution in [2.75, 3.05) is 26.2 Å². The highest BCUT2D eigenvalue weighted by Gasteiger charge is 2.24. The Bertz CT molecular complexity index is 696. The van der Waals surface area contributed by atoms with Crippen LogP contribution in [-0.4, -0.2) is 48.3 Å². The fourth-order valence-electron chi connectivity index (χ4n) is 3.20. The molecule has 1 amide bonds. The van der Waals surface area contributed by atoms with E-state index in [1.165, 1.54) is 5.39 Å². The molecule has 1 atom stereocenters. The molecule has 0 aromatic heterocycles. The Hall–Kier alpha value is -2.11. The maximum Gasteiger partial charge on any atom is 0.220 e. The molecule has 3 N–H and O–H groups in total. The molecule has 1 fully saturated rings. The number of aliphatic hydroxyl groups excluding tert-OH is 1. The number of amides is 1. The van der Waals surface area contributed by atoms with Gasteiger partial charge in [0.05, 0.1) is 0 Å². The third-order valence-corrected chi connectivity index (χ3v) is 4.62. The van der Waals surface area contributed by atoms with Crippen LogP contribution in [0.2, 0.25) is 0 Å². The Morgan fingerprint density at radius 3 is 2.62 bits per heavy atom. The van der Waals surface area contributed by atoms with Crippen LogP contribution in [0.1, 0.15) is 12.8 Å². The molecule has 0 unspecified atom stereocenters. The lowest BCUT2D eigenvalue weighted by atomic mass is 9.96. The predicted molar refractivity (Wildman–Crippen MR) is 93.8 cm³/mol. The average Bonchev–Trinajstić information content (AvgIpc) is 2.60. The monoisotopic (exact) mass is 328 g/mol. The number of hydrogen-bond donors (Lipinski definition) is 2. The number of benzene rings is 2. The summed E-state index contributed by atoms with van der Waals surface area (Å²) in [5.74, 6) is 0.530. The number of aliphatic hydroxyl groups is 1. The number of ether oxygens (including phenoxy) is 1. The highest BCUT2D eigenvalue weighted by molar-refractivity contribution is 5.83. The van der Waals surface area contributed by atoms with Crippen LogP contribution in [0.3, 0.4) is 0 Å². The fraction of sp³-hybridized carbons (Fsp3) is 0.421. The molecule has 2 aromatic rings. The average molecular weight is 328 g/mol. The number of likely N-dealkylation sites (tertiary alicyclic amines) is 1. The van der Waals surface area contributed by atoms with Gasteiger partial charge in [0.1, 0.15) is 18.5 Å². The van der Waals surface area contributed by atoms with Crippen LogP contribution in [0.5, 0.6) is 5.75 Å². The lowest BCUT2D eigenvalue weighted by Gasteiger charge is -2.31. The largest absolute Gasteiger partial charge is 0.491 e. The Morgan fingerprint density at radius 2 is 1.92 bits per heavy atom. The Labute approximate surface area is 142 Å². The van der Waals surface area contributed by atoms with Gasteiger partial charge in [-0.2, -0.15) is 0 Å². The number of carbonyl (C=O) groups is 1. The summed E-state index contributed by atoms with van der Waals surface area (Å²) >= 11 is 0. The summed E-state index contributed by atoms with van der Waals surface area (Å²) in [6.07, 6.45) is 0.989. The highest BCUT2D eigenvalue weighted by atomic mass is 16.5. The first-order valence-electron chi connectivity index (χ1n) is 8.43. The first-order chi connectivity index (χ1) is 11.6. The van der Waals surface area contributed by atoms with Crippen molar-refractivity contribution < 1.29 is 14.6 Å². The zero-order chi connectivity index (χ0) is 16.9. The third-order valence-electron chi connectivity index (χ3n) is 4.62. The molecule has 1 saturated heterocycles. The summed E-state index contributed by atoms with van der Waals surface area (Å²) in [5.41, 5.74) is 5.34. The molecule has 128 valence electrons. The molecule has 0 spiro atoms. The summed E-state index contributed by atoms with van der Waals surface area (Å²) in [4.78, 5) is 13.3. The van der Waals surface area contributed by atoms with Gasteiger partial charge < -0.3 is 20.5 Å². The van der Waals surface area contributed by atoms with Gasteiger partial charge in [-0.05, 0) is 48.8 Å². The molecule has 0 saturated carbocycles. The summed E-state index contributed by atoms with van der Waals surface area (Å²) < 4.78 is 5.73. The minimum absolute atomic E-state index is 0.0211. The van der Waals surface area contributed by atoms with Gasteiger partial charge >= 0.3 is 0 Å². The molecule has 1 heterocycles. The summed E-state index contributed by atoms with van der Waals surface area (Å²) in [6.45, 7) is 2.40. The molecule has 0 aliphatic carbocycles. The van der Waals surface area contributed by atoms with Gasteiger partial charge in [0.2, 0.25) is 5.91 Å². The molecule has 24 heavy (non-hydrogen) atoms. The van der Waals surface area contributed by atoms with Crippen molar-refractivity contribution in [3.63, 3.8) is 0 Å². The standard InChI is InChI=1S/C19H24N2O3/c20-19(23)15-7-9-21(10-8-15)12-17(22)13-24-18-6-5-14-3-1-2-4-16(14)11-18/h1-6,11,15,17,22H,7-10,12-13H2,(H2,20,23)/t17-/m0/s1. The lowest BCUT2D eigenvalue weighted by Crippen LogP contribution is -2.43. The number of nitrogens with zero attached hydrogens (tertiary/aromatic N) is 1. The Balaban J connectivity index is 1.46. The number of piperidine rings is 1. The second-order valence-corrected chi connectivity index (χ2v) is 6.45. The maximum atomic E-state index is 11.2. The summed E-state index contributed by atoms with van der Waals surface area (Å²) in [7, 11) is 0. The summed E-state index contributed by atoms with van der Waals surface area (Å²) in [6, 6.07) is 14.0. The Morgan fingerprint density at radius 1 is 1.21 bits per heavy atom. The first-order valence-corrected chi connectivity index (χ1v) is 8.43. The number of carbonyl (C=O) groups excluding carboxylic acids is 1. The van der Waals surface area contributed by atoms with E-state index in [4.69, 9.17) is 10.5 Å². The number of nitrogens with two attached hydrogens (primary N) is 1. The van der Waals surface area contributed by atoms with Crippen LogP contribution >= 0.6 is 0 Å². The molecule has 5 heteroatoms. The van der Waals surface area contributed by atoms with Crippen molar-refractivity contribution >= 4 is 16.7 Å². The molecular formula is C19H24N2O3. The minimum Gasteiger partial charge on any atom is -0.491 e. The quantitative estimate of drug-likeness (QED) is 0.847. The number of rotatable bonds is 6. The third kappa shape index (κ3) is 4.24. The van der Waals surface area contributed by atoms with Gasteiger partial charge in [-0.15, -0.1) is 0 Å². The van der Waals surface area contributed by atoms with Gasteiger partial charge in [-0.1, -0.05) is 30.3 Å². The van der Waals surface area contributed by atoms with Gasteiger partial charge in [0, 0.05) is 12.5 Å². The molecule has 5 nitrogen and oxygen atoms in total. The van der Waals surface area contributed by atoms with E-state index in [9.17, 15) is 9.90 Å². The molecule has 2 aromatic carbocycles. The van der Waals surface area contributed by atoms with E-state index in [1.54, 1.807) is 0 Å². The topological polar surface area (TPSA) is 75.8 Å². The second kappa shape index (κ2) is 7.64. The van der Waals surface area contributed by atoms with Gasteiger partial charge in [0.25, 0.3) is 0 Å². The van der Waals surface area contributed by atoms with Gasteiger partial charge in [0.15, 0.2) is 0 Å². The normalized spacial score (nSPS) is 17.7. The van der Waals surface area contributed by atoms with E-state index >= 15 is 0 Å². The van der Waals surface area contributed by atoms with Crippen LogP contribution in [0, 0.1) is 5.92 Å². The number of β-amino-alcohol motifs (C(OH)–C–C–N with tert-alkyl or cyclic N) is 1. The van der Waals surface area contributed by atoms with E-state index in [0.717, 1.165) is 37.1 Å². The summed E-state index contributed by atoms with van der Waals surface area (Å²) in [5, 5.41) is 12.5. The van der Waals surface area contributed by atoms with Crippen LogP contribution < -0.4 is 10.5 Å². The smallest absolute Gasteiger partial charge is 0.220 e. The van der Waals surface area contributed by atoms with Gasteiger partial charge in [-0.25, -0.2) is 0 Å². The van der Waals surface area contributed by atoms with Crippen LogP contribution in [-0.2, 0) is 4.79 Å². The predicted octanol–water partition coefficient (Wildman–Crippen LogP) is 1.78. The zero-order valence-electron chi connectivity index (χ0n) is 13.7. The van der Waals surface area contributed by atoms with Gasteiger partial charge in [-0.3, -0.25) is 4.79 Å². The maximum absolute atomic E-state index is 11.2. The first kappa shape index (κ1) is 16.7. The highest BCUT2D eigenvalue weighted by Crippen LogP contribution is 2.21. The van der Waals surface area contributed by atoms with Crippen molar-refractivity contribution in [1.29, 1.82) is 0 Å². The molecule has 0 bridgehead atoms. The molecule has 0 radical (unpaired) electrons. The van der Waals surface area contributed by atoms with E-state index in [1.807, 2.05) is 36.4 Å². The molecule has 1 aliphatic rings. The second-order valence-electron chi connectivity index (χ2n) is 6.45. The minimum atomic E-state index is -0.554. The SMILES string of the molecule is NC(=O)C1CCN(C[C@H](O)COc2ccc3ccccc3c2)CC1. The van der Waals surface area contributed by atoms with E-state index in [0.29, 0.717) is 6.54 Å². The molecule has 1 aliphatic heterocycles. The molecular weight excluding hydrogens is 304 g/mol. The van der Waals surface area contributed by atoms with Crippen molar-refractivity contribution in [3.05, 3.63) is 42.5 Å². The van der Waals surface area contributed by atoms with Crippen molar-refractivity contribution in [1.82, 2.24) is 4.90 Å². The van der Waals surface area contributed by atoms with Crippen molar-refractivity contribution in [2.45, 2.75) is 18.9 Å². The van der Waals surface area contributed by atoms with Crippen molar-refractivity contribution in [3.8, 4) is 5.75 Å². The number of hydrogen-bond acceptors (Lipinski definition) is 4. The van der Waals surface area contributed by atoms with E-state index < -0.39 is 6.10 Å². The fourth-order valence-corrected chi connectivity index (χ4v) is 3.20. The number of primary amides is 1. The van der Waals surface area contributed by atoms with Crippen LogP contribution in [0.25, 0.3) is 10.8 Å². The van der Waals surface area contributed by atoms with Crippen molar-refractivity contribution in [2.24, 2.45) is 11.7 Å². The van der Waals surface area contributed by atoms with Crippen LogP contribution in [0.4, 0.5) is 0 Å². The molecule has 3 rings (SSSR count). The van der Waals surface area contributed by atoms with Crippen LogP contribution in [0.15, 0.2) is 42.5 Å². The van der Waals surface area contributed by atoms with E-state index in [2.05, 4.69) is 11.0 Å².